The van der Waals surface area contributed by atoms with Gasteiger partial charge in [-0.1, -0.05) is 0 Å². The minimum Gasteiger partial charge on any atom is -0.444 e. The Labute approximate surface area is 96.3 Å². The molecule has 0 saturated carbocycles. The van der Waals surface area contributed by atoms with Gasteiger partial charge in [-0.15, -0.1) is 0 Å². The Morgan fingerprint density at radius 1 is 1.60 bits per heavy atom. The van der Waals surface area contributed by atoms with Gasteiger partial charge in [0.1, 0.15) is 0 Å². The Balaban J connectivity index is 2.13. The summed E-state index contributed by atoms with van der Waals surface area (Å²) in [5, 5.41) is 0. The second-order valence-electron chi connectivity index (χ2n) is 3.53. The van der Waals surface area contributed by atoms with Crippen molar-refractivity contribution in [1.29, 1.82) is 0 Å². The van der Waals surface area contributed by atoms with Crippen LogP contribution in [0.3, 0.4) is 0 Å². The number of furan rings is 1. The summed E-state index contributed by atoms with van der Waals surface area (Å²) in [5.74, 6) is 0.298. The van der Waals surface area contributed by atoms with E-state index < -0.39 is 0 Å². The summed E-state index contributed by atoms with van der Waals surface area (Å²) in [6.45, 7) is 3.78. The first-order valence-corrected chi connectivity index (χ1v) is 5.62. The van der Waals surface area contributed by atoms with Crippen molar-refractivity contribution in [2.24, 2.45) is 0 Å². The van der Waals surface area contributed by atoms with E-state index in [4.69, 9.17) is 9.15 Å². The lowest BCUT2D eigenvalue weighted by molar-refractivity contribution is 0.00191. The van der Waals surface area contributed by atoms with E-state index in [2.05, 4.69) is 15.9 Å². The van der Waals surface area contributed by atoms with Gasteiger partial charge in [0.25, 0.3) is 5.91 Å². The van der Waals surface area contributed by atoms with Crippen LogP contribution in [0.25, 0.3) is 0 Å². The molecule has 1 aromatic heterocycles. The van der Waals surface area contributed by atoms with Crippen molar-refractivity contribution in [3.8, 4) is 0 Å². The molecule has 1 aliphatic rings. The molecule has 0 spiro atoms. The third-order valence-corrected chi connectivity index (χ3v) is 2.84. The second kappa shape index (κ2) is 4.37. The van der Waals surface area contributed by atoms with E-state index >= 15 is 0 Å². The number of carbonyl (C=O) groups is 1. The summed E-state index contributed by atoms with van der Waals surface area (Å²) in [4.78, 5) is 13.8. The smallest absolute Gasteiger partial charge is 0.290 e. The monoisotopic (exact) mass is 273 g/mol. The van der Waals surface area contributed by atoms with Gasteiger partial charge in [-0.25, -0.2) is 0 Å². The molecule has 0 bridgehead atoms. The zero-order valence-corrected chi connectivity index (χ0v) is 9.99. The fourth-order valence-electron chi connectivity index (χ4n) is 1.60. The largest absolute Gasteiger partial charge is 0.444 e. The van der Waals surface area contributed by atoms with Crippen LogP contribution in [-0.2, 0) is 4.74 Å². The lowest BCUT2D eigenvalue weighted by Crippen LogP contribution is -2.47. The molecule has 1 saturated heterocycles. The van der Waals surface area contributed by atoms with Crippen molar-refractivity contribution in [1.82, 2.24) is 4.90 Å². The van der Waals surface area contributed by atoms with Gasteiger partial charge in [0, 0.05) is 6.54 Å². The van der Waals surface area contributed by atoms with Crippen LogP contribution in [0, 0.1) is 0 Å². The third kappa shape index (κ3) is 2.23. The Bertz CT molecular complexity index is 363. The molecule has 1 amide bonds. The van der Waals surface area contributed by atoms with Crippen molar-refractivity contribution in [2.75, 3.05) is 19.8 Å². The molecule has 1 fully saturated rings. The highest BCUT2D eigenvalue weighted by molar-refractivity contribution is 9.10. The topological polar surface area (TPSA) is 42.7 Å². The van der Waals surface area contributed by atoms with Crippen LogP contribution in [-0.4, -0.2) is 36.6 Å². The van der Waals surface area contributed by atoms with Gasteiger partial charge < -0.3 is 14.1 Å². The van der Waals surface area contributed by atoms with Crippen LogP contribution < -0.4 is 0 Å². The van der Waals surface area contributed by atoms with Gasteiger partial charge in [-0.05, 0) is 35.0 Å². The lowest BCUT2D eigenvalue weighted by Gasteiger charge is -2.32. The first kappa shape index (κ1) is 10.7. The van der Waals surface area contributed by atoms with Crippen molar-refractivity contribution in [3.63, 3.8) is 0 Å². The Kier molecular flexibility index (Phi) is 3.11. The molecule has 2 heterocycles. The predicted molar refractivity (Wildman–Crippen MR) is 57.7 cm³/mol. The van der Waals surface area contributed by atoms with E-state index in [0.717, 1.165) is 0 Å². The molecule has 5 heteroatoms. The predicted octanol–water partition coefficient (Wildman–Crippen LogP) is 1.90. The average molecular weight is 274 g/mol. The maximum Gasteiger partial charge on any atom is 0.290 e. The highest BCUT2D eigenvalue weighted by atomic mass is 79.9. The van der Waals surface area contributed by atoms with E-state index in [1.807, 2.05) is 6.92 Å². The summed E-state index contributed by atoms with van der Waals surface area (Å²) in [5.41, 5.74) is 0. The molecule has 1 atom stereocenters. The number of hydrogen-bond acceptors (Lipinski definition) is 3. The van der Waals surface area contributed by atoms with Gasteiger partial charge in [-0.3, -0.25) is 4.79 Å². The molecule has 4 nitrogen and oxygen atoms in total. The quantitative estimate of drug-likeness (QED) is 0.785. The van der Waals surface area contributed by atoms with Crippen LogP contribution in [0.4, 0.5) is 0 Å². The first-order chi connectivity index (χ1) is 7.18. The molecule has 0 radical (unpaired) electrons. The standard InChI is InChI=1S/C10H12BrNO3/c1-7-6-14-5-4-12(7)10(13)8-2-3-9(11)15-8/h2-3,7H,4-6H2,1H3/t7-/m1/s1. The Hall–Kier alpha value is -0.810. The van der Waals surface area contributed by atoms with Crippen molar-refractivity contribution < 1.29 is 13.9 Å². The highest BCUT2D eigenvalue weighted by Crippen LogP contribution is 2.18. The van der Waals surface area contributed by atoms with Crippen molar-refractivity contribution in [3.05, 3.63) is 22.6 Å². The zero-order chi connectivity index (χ0) is 10.8. The second-order valence-corrected chi connectivity index (χ2v) is 4.31. The maximum absolute atomic E-state index is 12.0. The molecular weight excluding hydrogens is 262 g/mol. The molecule has 0 unspecified atom stereocenters. The van der Waals surface area contributed by atoms with Crippen molar-refractivity contribution in [2.45, 2.75) is 13.0 Å². The minimum absolute atomic E-state index is 0.0727. The van der Waals surface area contributed by atoms with Crippen LogP contribution >= 0.6 is 15.9 Å². The van der Waals surface area contributed by atoms with Gasteiger partial charge in [0.15, 0.2) is 10.4 Å². The Morgan fingerprint density at radius 2 is 2.40 bits per heavy atom. The number of ether oxygens (including phenoxy) is 1. The number of nitrogens with zero attached hydrogens (tertiary/aromatic N) is 1. The molecule has 1 aliphatic heterocycles. The van der Waals surface area contributed by atoms with Crippen LogP contribution in [0.2, 0.25) is 0 Å². The molecular formula is C10H12BrNO3. The maximum atomic E-state index is 12.0. The fourth-order valence-corrected chi connectivity index (χ4v) is 1.91. The average Bonchev–Trinajstić information content (AvgIpc) is 2.65. The highest BCUT2D eigenvalue weighted by Gasteiger charge is 2.26. The Morgan fingerprint density at radius 3 is 3.00 bits per heavy atom. The molecule has 82 valence electrons. The molecule has 1 aromatic rings. The first-order valence-electron chi connectivity index (χ1n) is 4.82. The van der Waals surface area contributed by atoms with E-state index in [0.29, 0.717) is 30.2 Å². The van der Waals surface area contributed by atoms with E-state index in [1.165, 1.54) is 0 Å². The molecule has 0 aliphatic carbocycles. The number of rotatable bonds is 1. The van der Waals surface area contributed by atoms with Gasteiger partial charge in [0.2, 0.25) is 0 Å². The lowest BCUT2D eigenvalue weighted by atomic mass is 10.2. The summed E-state index contributed by atoms with van der Waals surface area (Å²) >= 11 is 3.18. The molecule has 2 rings (SSSR count). The van der Waals surface area contributed by atoms with Crippen molar-refractivity contribution >= 4 is 21.8 Å². The number of amides is 1. The SMILES string of the molecule is C[C@@H]1COCCN1C(=O)c1ccc(Br)o1. The minimum atomic E-state index is -0.0727. The van der Waals surface area contributed by atoms with Gasteiger partial charge in [-0.2, -0.15) is 0 Å². The van der Waals surface area contributed by atoms with Crippen LogP contribution in [0.1, 0.15) is 17.5 Å². The number of halogens is 1. The molecule has 0 aromatic carbocycles. The van der Waals surface area contributed by atoms with Crippen LogP contribution in [0.15, 0.2) is 21.2 Å². The summed E-state index contributed by atoms with van der Waals surface area (Å²) in [6.07, 6.45) is 0. The van der Waals surface area contributed by atoms with E-state index in [9.17, 15) is 4.79 Å². The zero-order valence-electron chi connectivity index (χ0n) is 8.40. The van der Waals surface area contributed by atoms with Gasteiger partial charge >= 0.3 is 0 Å². The number of hydrogen-bond donors (Lipinski definition) is 0. The van der Waals surface area contributed by atoms with Crippen LogP contribution in [0.5, 0.6) is 0 Å². The normalized spacial score (nSPS) is 21.7. The van der Waals surface area contributed by atoms with E-state index in [-0.39, 0.29) is 11.9 Å². The molecule has 0 N–H and O–H groups in total. The molecule has 15 heavy (non-hydrogen) atoms. The summed E-state index contributed by atoms with van der Waals surface area (Å²) in [7, 11) is 0. The van der Waals surface area contributed by atoms with E-state index in [1.54, 1.807) is 17.0 Å². The third-order valence-electron chi connectivity index (χ3n) is 2.41. The number of carbonyl (C=O) groups excluding carboxylic acids is 1. The summed E-state index contributed by atoms with van der Waals surface area (Å²) < 4.78 is 11.1. The van der Waals surface area contributed by atoms with Gasteiger partial charge in [0.05, 0.1) is 19.3 Å². The summed E-state index contributed by atoms with van der Waals surface area (Å²) in [6, 6.07) is 3.50. The number of morpholine rings is 1. The fraction of sp³-hybridized carbons (Fsp3) is 0.500.